The van der Waals surface area contributed by atoms with Gasteiger partial charge in [-0.15, -0.1) is 0 Å². The number of methoxy groups -OCH3 is 1. The van der Waals surface area contributed by atoms with Gasteiger partial charge >= 0.3 is 5.76 Å². The number of sulfonamides is 1. The molecule has 3 N–H and O–H groups in total. The maximum absolute atomic E-state index is 14.6. The molecule has 1 aromatic heterocycles. The zero-order valence-electron chi connectivity index (χ0n) is 24.7. The van der Waals surface area contributed by atoms with Crippen LogP contribution in [0.1, 0.15) is 24.0 Å². The molecule has 2 aliphatic heterocycles. The molecule has 13 nitrogen and oxygen atoms in total. The maximum atomic E-state index is 14.6. The number of oxazole rings is 1. The zero-order chi connectivity index (χ0) is 32.4. The number of hydrogen-bond donors (Lipinski definition) is 3. The van der Waals surface area contributed by atoms with E-state index in [1.165, 1.54) is 41.7 Å². The first-order valence-corrected chi connectivity index (χ1v) is 16.0. The molecular weight excluding hydrogens is 623 g/mol. The minimum atomic E-state index is -4.10. The van der Waals surface area contributed by atoms with Crippen LogP contribution in [0.4, 0.5) is 4.39 Å². The van der Waals surface area contributed by atoms with Crippen LogP contribution < -0.4 is 30.6 Å². The molecule has 0 aliphatic carbocycles. The van der Waals surface area contributed by atoms with Crippen LogP contribution in [0.2, 0.25) is 0 Å². The number of nitrogens with one attached hydrogen (secondary N) is 3. The van der Waals surface area contributed by atoms with Crippen LogP contribution in [-0.2, 0) is 32.6 Å². The van der Waals surface area contributed by atoms with E-state index < -0.39 is 46.3 Å². The molecule has 242 valence electrons. The maximum Gasteiger partial charge on any atom is 0.417 e. The number of ether oxygens (including phenoxy) is 3. The molecule has 15 heteroatoms. The number of benzene rings is 3. The van der Waals surface area contributed by atoms with Crippen molar-refractivity contribution in [3.8, 4) is 17.2 Å². The molecule has 4 bridgehead atoms. The Hall–Kier alpha value is -4.89. The highest BCUT2D eigenvalue weighted by molar-refractivity contribution is 7.89. The Bertz CT molecular complexity index is 1960. The van der Waals surface area contributed by atoms with E-state index in [0.29, 0.717) is 29.0 Å². The third-order valence-corrected chi connectivity index (χ3v) is 9.69. The van der Waals surface area contributed by atoms with Crippen molar-refractivity contribution >= 4 is 32.9 Å². The summed E-state index contributed by atoms with van der Waals surface area (Å²) in [5.74, 6) is -1.23. The van der Waals surface area contributed by atoms with E-state index >= 15 is 0 Å². The van der Waals surface area contributed by atoms with Crippen molar-refractivity contribution in [2.24, 2.45) is 0 Å². The third kappa shape index (κ3) is 6.84. The number of fused-ring (bicyclic) bond motifs is 6. The lowest BCUT2D eigenvalue weighted by atomic mass is 10.0. The number of carbonyl (C=O) groups is 2. The highest BCUT2D eigenvalue weighted by Crippen LogP contribution is 2.30. The molecule has 0 spiro atoms. The Labute approximate surface area is 262 Å². The first-order valence-electron chi connectivity index (χ1n) is 14.5. The van der Waals surface area contributed by atoms with Gasteiger partial charge in [0.25, 0.3) is 5.91 Å². The SMILES string of the molecule is COc1ccc2cc1OCC(=O)N[C@@H]1CN(S(=O)(=O)c3ccc4[nH]c(=O)oc4c3)CC[C@H]1Oc1cc(F)cc(c1)CNC(=O)CC2. The van der Waals surface area contributed by atoms with Crippen LogP contribution in [0.25, 0.3) is 11.1 Å². The summed E-state index contributed by atoms with van der Waals surface area (Å²) in [5, 5.41) is 5.62. The Morgan fingerprint density at radius 3 is 2.65 bits per heavy atom. The van der Waals surface area contributed by atoms with E-state index in [0.717, 1.165) is 5.56 Å². The summed E-state index contributed by atoms with van der Waals surface area (Å²) >= 11 is 0. The second-order valence-electron chi connectivity index (χ2n) is 11.0. The zero-order valence-corrected chi connectivity index (χ0v) is 25.5. The summed E-state index contributed by atoms with van der Waals surface area (Å²) in [6.07, 6.45) is -0.0544. The van der Waals surface area contributed by atoms with Crippen LogP contribution in [0, 0.1) is 5.82 Å². The molecule has 2 atom stereocenters. The Kier molecular flexibility index (Phi) is 8.69. The average molecular weight is 655 g/mol. The summed E-state index contributed by atoms with van der Waals surface area (Å²) in [6, 6.07) is 12.4. The fraction of sp³-hybridized carbons (Fsp3) is 0.323. The van der Waals surface area contributed by atoms with Gasteiger partial charge in [0.05, 0.1) is 23.6 Å². The summed E-state index contributed by atoms with van der Waals surface area (Å²) in [4.78, 5) is 39.8. The van der Waals surface area contributed by atoms with Crippen LogP contribution in [-0.4, -0.2) is 68.5 Å². The van der Waals surface area contributed by atoms with E-state index in [2.05, 4.69) is 15.6 Å². The number of hydrogen-bond acceptors (Lipinski definition) is 9. The number of aryl methyl sites for hydroxylation is 1. The predicted octanol–water partition coefficient (Wildman–Crippen LogP) is 2.24. The molecule has 3 aromatic carbocycles. The summed E-state index contributed by atoms with van der Waals surface area (Å²) in [7, 11) is -2.63. The quantitative estimate of drug-likeness (QED) is 0.300. The van der Waals surface area contributed by atoms with Gasteiger partial charge in [0.15, 0.2) is 23.7 Å². The number of piperidine rings is 1. The number of nitrogens with zero attached hydrogens (tertiary/aromatic N) is 1. The van der Waals surface area contributed by atoms with Crippen molar-refractivity contribution in [1.82, 2.24) is 19.9 Å². The topological polar surface area (TPSA) is 169 Å². The van der Waals surface area contributed by atoms with Crippen molar-refractivity contribution in [2.75, 3.05) is 26.8 Å². The van der Waals surface area contributed by atoms with E-state index in [9.17, 15) is 27.2 Å². The number of rotatable bonds is 3. The van der Waals surface area contributed by atoms with Crippen LogP contribution in [0.5, 0.6) is 17.2 Å². The first-order chi connectivity index (χ1) is 22.1. The van der Waals surface area contributed by atoms with Gasteiger partial charge in [0, 0.05) is 44.6 Å². The van der Waals surface area contributed by atoms with Gasteiger partial charge in [-0.2, -0.15) is 4.31 Å². The second-order valence-corrected chi connectivity index (χ2v) is 12.9. The predicted molar refractivity (Wildman–Crippen MR) is 162 cm³/mol. The van der Waals surface area contributed by atoms with Gasteiger partial charge in [0.1, 0.15) is 17.7 Å². The number of aromatic amines is 1. The molecule has 0 radical (unpaired) electrons. The first kappa shape index (κ1) is 31.1. The minimum absolute atomic E-state index is 0.0210. The number of H-pyrrole nitrogens is 1. The van der Waals surface area contributed by atoms with Crippen molar-refractivity contribution in [3.63, 3.8) is 0 Å². The molecular formula is C31H31FN4O9S. The van der Waals surface area contributed by atoms with E-state index in [1.807, 2.05) is 0 Å². The van der Waals surface area contributed by atoms with Gasteiger partial charge < -0.3 is 29.3 Å². The molecule has 1 saturated heterocycles. The van der Waals surface area contributed by atoms with Crippen LogP contribution in [0.3, 0.4) is 0 Å². The highest BCUT2D eigenvalue weighted by Gasteiger charge is 2.38. The van der Waals surface area contributed by atoms with E-state index in [1.54, 1.807) is 24.3 Å². The molecule has 2 aliphatic rings. The average Bonchev–Trinajstić information content (AvgIpc) is 3.41. The molecule has 2 amide bonds. The monoisotopic (exact) mass is 654 g/mol. The fourth-order valence-electron chi connectivity index (χ4n) is 5.53. The van der Waals surface area contributed by atoms with Gasteiger partial charge in [0.2, 0.25) is 15.9 Å². The smallest absolute Gasteiger partial charge is 0.417 e. The largest absolute Gasteiger partial charge is 0.493 e. The molecule has 3 heterocycles. The molecule has 6 rings (SSSR count). The summed E-state index contributed by atoms with van der Waals surface area (Å²) in [6.45, 7) is -0.520. The van der Waals surface area contributed by atoms with Crippen molar-refractivity contribution in [2.45, 2.75) is 42.8 Å². The molecule has 0 saturated carbocycles. The normalized spacial score (nSPS) is 19.9. The van der Waals surface area contributed by atoms with E-state index in [4.69, 9.17) is 18.6 Å². The molecule has 0 unspecified atom stereocenters. The van der Waals surface area contributed by atoms with Crippen LogP contribution in [0.15, 0.2) is 68.7 Å². The number of carbonyl (C=O) groups excluding carboxylic acids is 2. The third-order valence-electron chi connectivity index (χ3n) is 7.82. The lowest BCUT2D eigenvalue weighted by Crippen LogP contribution is -2.58. The number of amides is 2. The lowest BCUT2D eigenvalue weighted by molar-refractivity contribution is -0.125. The standard InChI is InChI=1S/C31H31FN4O9S/c1-42-26-6-2-18-3-7-29(37)33-15-19-10-20(32)13-21(11-19)44-25-8-9-36(16-24(25)34-30(38)17-43-28(26)12-18)46(40,41)22-4-5-23-27(14-22)45-31(39)35-23/h2,4-6,10-14,24-25H,3,7-9,15-17H2,1H3,(H,33,37)(H,34,38)(H,35,39)/t24-,25-/m1/s1. The minimum Gasteiger partial charge on any atom is -0.493 e. The summed E-state index contributed by atoms with van der Waals surface area (Å²) in [5.41, 5.74) is 1.68. The van der Waals surface area contributed by atoms with Gasteiger partial charge in [-0.3, -0.25) is 14.6 Å². The van der Waals surface area contributed by atoms with Crippen molar-refractivity contribution < 1.29 is 41.0 Å². The van der Waals surface area contributed by atoms with Crippen molar-refractivity contribution in [1.29, 1.82) is 0 Å². The molecule has 4 aromatic rings. The van der Waals surface area contributed by atoms with Gasteiger partial charge in [-0.1, -0.05) is 6.07 Å². The van der Waals surface area contributed by atoms with Gasteiger partial charge in [-0.05, 0) is 53.9 Å². The van der Waals surface area contributed by atoms with Gasteiger partial charge in [-0.25, -0.2) is 17.6 Å². The molecule has 46 heavy (non-hydrogen) atoms. The molecule has 1 fully saturated rings. The number of halogens is 1. The van der Waals surface area contributed by atoms with Crippen molar-refractivity contribution in [3.05, 3.63) is 82.1 Å². The van der Waals surface area contributed by atoms with Crippen LogP contribution >= 0.6 is 0 Å². The number of aromatic nitrogens is 1. The van der Waals surface area contributed by atoms with E-state index in [-0.39, 0.29) is 54.6 Å². The Morgan fingerprint density at radius 2 is 1.83 bits per heavy atom. The fourth-order valence-corrected chi connectivity index (χ4v) is 7.02. The Balaban J connectivity index is 1.29. The highest BCUT2D eigenvalue weighted by atomic mass is 32.2. The Morgan fingerprint density at radius 1 is 0.978 bits per heavy atom. The summed E-state index contributed by atoms with van der Waals surface area (Å²) < 4.78 is 65.6. The lowest BCUT2D eigenvalue weighted by Gasteiger charge is -2.38. The second kappa shape index (κ2) is 12.8.